The fraction of sp³-hybridized carbons (Fsp3) is 0.235. The molecule has 102 valence electrons. The van der Waals surface area contributed by atoms with Gasteiger partial charge in [0.05, 0.1) is 11.0 Å². The van der Waals surface area contributed by atoms with Gasteiger partial charge in [0.15, 0.2) is 0 Å². The highest BCUT2D eigenvalue weighted by Crippen LogP contribution is 2.19. The third-order valence-corrected chi connectivity index (χ3v) is 3.37. The van der Waals surface area contributed by atoms with E-state index in [0.717, 1.165) is 22.6 Å². The molecule has 0 aliphatic rings. The van der Waals surface area contributed by atoms with Crippen molar-refractivity contribution in [1.29, 1.82) is 0 Å². The average Bonchev–Trinajstić information content (AvgIpc) is 2.81. The van der Waals surface area contributed by atoms with Gasteiger partial charge in [0, 0.05) is 0 Å². The summed E-state index contributed by atoms with van der Waals surface area (Å²) in [5.74, 6) is 1.72. The van der Waals surface area contributed by atoms with Gasteiger partial charge in [0.1, 0.15) is 18.2 Å². The Bertz CT molecular complexity index is 742. The van der Waals surface area contributed by atoms with E-state index in [9.17, 15) is 0 Å². The maximum Gasteiger partial charge on any atom is 0.146 e. The van der Waals surface area contributed by atoms with Gasteiger partial charge in [-0.3, -0.25) is 0 Å². The summed E-state index contributed by atoms with van der Waals surface area (Å²) >= 11 is 0. The van der Waals surface area contributed by atoms with Gasteiger partial charge < -0.3 is 9.72 Å². The normalized spacial score (nSPS) is 10.9. The Morgan fingerprint density at radius 2 is 1.75 bits per heavy atom. The molecule has 1 aromatic heterocycles. The predicted octanol–water partition coefficient (Wildman–Crippen LogP) is 4.07. The number of ether oxygens (including phenoxy) is 1. The SMILES string of the molecule is Cc1ccc(OCc2nc3c(C)cc(C)cc3[nH]2)cc1. The van der Waals surface area contributed by atoms with Crippen LogP contribution < -0.4 is 4.74 Å². The molecule has 0 unspecified atom stereocenters. The van der Waals surface area contributed by atoms with E-state index in [1.807, 2.05) is 24.3 Å². The molecule has 0 saturated heterocycles. The van der Waals surface area contributed by atoms with E-state index in [4.69, 9.17) is 4.74 Å². The summed E-state index contributed by atoms with van der Waals surface area (Å²) in [6.45, 7) is 6.70. The topological polar surface area (TPSA) is 37.9 Å². The molecule has 1 heterocycles. The number of nitrogens with zero attached hydrogens (tertiary/aromatic N) is 1. The van der Waals surface area contributed by atoms with E-state index in [-0.39, 0.29) is 0 Å². The van der Waals surface area contributed by atoms with E-state index in [1.54, 1.807) is 0 Å². The van der Waals surface area contributed by atoms with Crippen molar-refractivity contribution in [1.82, 2.24) is 9.97 Å². The molecule has 0 bridgehead atoms. The zero-order valence-corrected chi connectivity index (χ0v) is 12.0. The molecule has 0 aliphatic carbocycles. The third-order valence-electron chi connectivity index (χ3n) is 3.37. The molecule has 0 atom stereocenters. The molecular formula is C17H18N2O. The van der Waals surface area contributed by atoms with Crippen molar-refractivity contribution in [3.8, 4) is 5.75 Å². The monoisotopic (exact) mass is 266 g/mol. The maximum atomic E-state index is 5.75. The summed E-state index contributed by atoms with van der Waals surface area (Å²) in [6.07, 6.45) is 0. The van der Waals surface area contributed by atoms with Gasteiger partial charge in [-0.05, 0) is 50.1 Å². The molecule has 3 nitrogen and oxygen atoms in total. The van der Waals surface area contributed by atoms with Crippen molar-refractivity contribution >= 4 is 11.0 Å². The Morgan fingerprint density at radius 3 is 2.50 bits per heavy atom. The van der Waals surface area contributed by atoms with E-state index in [0.29, 0.717) is 6.61 Å². The van der Waals surface area contributed by atoms with Crippen molar-refractivity contribution in [2.45, 2.75) is 27.4 Å². The number of hydrogen-bond donors (Lipinski definition) is 1. The number of fused-ring (bicyclic) bond motifs is 1. The summed E-state index contributed by atoms with van der Waals surface area (Å²) in [5.41, 5.74) is 5.76. The molecule has 0 spiro atoms. The lowest BCUT2D eigenvalue weighted by molar-refractivity contribution is 0.297. The minimum absolute atomic E-state index is 0.455. The average molecular weight is 266 g/mol. The maximum absolute atomic E-state index is 5.75. The van der Waals surface area contributed by atoms with E-state index < -0.39 is 0 Å². The van der Waals surface area contributed by atoms with Crippen molar-refractivity contribution in [3.05, 3.63) is 58.9 Å². The quantitative estimate of drug-likeness (QED) is 0.776. The van der Waals surface area contributed by atoms with Crippen LogP contribution in [0.2, 0.25) is 0 Å². The number of rotatable bonds is 3. The highest BCUT2D eigenvalue weighted by Gasteiger charge is 2.06. The van der Waals surface area contributed by atoms with Crippen molar-refractivity contribution in [2.24, 2.45) is 0 Å². The fourth-order valence-corrected chi connectivity index (χ4v) is 2.38. The van der Waals surface area contributed by atoms with Gasteiger partial charge in [-0.1, -0.05) is 23.8 Å². The first-order chi connectivity index (χ1) is 9.61. The molecule has 0 saturated carbocycles. The smallest absolute Gasteiger partial charge is 0.146 e. The van der Waals surface area contributed by atoms with E-state index in [1.165, 1.54) is 16.7 Å². The van der Waals surface area contributed by atoms with Crippen molar-refractivity contribution in [3.63, 3.8) is 0 Å². The molecular weight excluding hydrogens is 248 g/mol. The molecule has 0 radical (unpaired) electrons. The second-order valence-corrected chi connectivity index (χ2v) is 5.26. The number of aromatic nitrogens is 2. The zero-order valence-electron chi connectivity index (χ0n) is 12.0. The van der Waals surface area contributed by atoms with Crippen LogP contribution >= 0.6 is 0 Å². The van der Waals surface area contributed by atoms with Crippen LogP contribution in [-0.2, 0) is 6.61 Å². The molecule has 0 amide bonds. The van der Waals surface area contributed by atoms with Gasteiger partial charge in [-0.25, -0.2) is 4.98 Å². The van der Waals surface area contributed by atoms with Crippen LogP contribution in [0.4, 0.5) is 0 Å². The van der Waals surface area contributed by atoms with Crippen LogP contribution in [0.5, 0.6) is 5.75 Å². The Kier molecular flexibility index (Phi) is 3.18. The predicted molar refractivity (Wildman–Crippen MR) is 81.1 cm³/mol. The number of aromatic amines is 1. The van der Waals surface area contributed by atoms with E-state index in [2.05, 4.69) is 42.9 Å². The lowest BCUT2D eigenvalue weighted by Gasteiger charge is -2.03. The number of H-pyrrole nitrogens is 1. The third kappa shape index (κ3) is 2.52. The lowest BCUT2D eigenvalue weighted by Crippen LogP contribution is -1.97. The number of hydrogen-bond acceptors (Lipinski definition) is 2. The summed E-state index contributed by atoms with van der Waals surface area (Å²) in [5, 5.41) is 0. The molecule has 2 aromatic carbocycles. The molecule has 3 aromatic rings. The molecule has 3 rings (SSSR count). The highest BCUT2D eigenvalue weighted by atomic mass is 16.5. The molecule has 3 heteroatoms. The Hall–Kier alpha value is -2.29. The van der Waals surface area contributed by atoms with Gasteiger partial charge in [0.2, 0.25) is 0 Å². The van der Waals surface area contributed by atoms with Crippen LogP contribution in [0.1, 0.15) is 22.5 Å². The van der Waals surface area contributed by atoms with Crippen molar-refractivity contribution < 1.29 is 4.74 Å². The Labute approximate surface area is 118 Å². The van der Waals surface area contributed by atoms with Crippen LogP contribution in [0.15, 0.2) is 36.4 Å². The van der Waals surface area contributed by atoms with Gasteiger partial charge in [-0.2, -0.15) is 0 Å². The molecule has 0 fully saturated rings. The first-order valence-corrected chi connectivity index (χ1v) is 6.77. The standard InChI is InChI=1S/C17H18N2O/c1-11-4-6-14(7-5-11)20-10-16-18-15-9-12(2)8-13(3)17(15)19-16/h4-9H,10H2,1-3H3,(H,18,19). The van der Waals surface area contributed by atoms with E-state index >= 15 is 0 Å². The van der Waals surface area contributed by atoms with Gasteiger partial charge >= 0.3 is 0 Å². The number of imidazole rings is 1. The van der Waals surface area contributed by atoms with Crippen molar-refractivity contribution in [2.75, 3.05) is 0 Å². The van der Waals surface area contributed by atoms with Gasteiger partial charge in [-0.15, -0.1) is 0 Å². The molecule has 0 aliphatic heterocycles. The Morgan fingerprint density at radius 1 is 1.00 bits per heavy atom. The number of aryl methyl sites for hydroxylation is 3. The van der Waals surface area contributed by atoms with Crippen LogP contribution in [0, 0.1) is 20.8 Å². The van der Waals surface area contributed by atoms with Crippen LogP contribution in [-0.4, -0.2) is 9.97 Å². The van der Waals surface area contributed by atoms with Gasteiger partial charge in [0.25, 0.3) is 0 Å². The first kappa shape index (κ1) is 12.7. The van der Waals surface area contributed by atoms with Crippen LogP contribution in [0.3, 0.4) is 0 Å². The number of benzene rings is 2. The summed E-state index contributed by atoms with van der Waals surface area (Å²) in [7, 11) is 0. The Balaban J connectivity index is 1.81. The fourth-order valence-electron chi connectivity index (χ4n) is 2.38. The van der Waals surface area contributed by atoms with Crippen LogP contribution in [0.25, 0.3) is 11.0 Å². The molecule has 1 N–H and O–H groups in total. The largest absolute Gasteiger partial charge is 0.486 e. The summed E-state index contributed by atoms with van der Waals surface area (Å²) < 4.78 is 5.75. The first-order valence-electron chi connectivity index (χ1n) is 6.77. The minimum Gasteiger partial charge on any atom is -0.486 e. The zero-order chi connectivity index (χ0) is 14.1. The lowest BCUT2D eigenvalue weighted by atomic mass is 10.1. The summed E-state index contributed by atoms with van der Waals surface area (Å²) in [4.78, 5) is 7.93. The second-order valence-electron chi connectivity index (χ2n) is 5.26. The highest BCUT2D eigenvalue weighted by molar-refractivity contribution is 5.79. The summed E-state index contributed by atoms with van der Waals surface area (Å²) in [6, 6.07) is 12.3. The molecule has 20 heavy (non-hydrogen) atoms. The minimum atomic E-state index is 0.455. The second kappa shape index (κ2) is 5.00. The number of nitrogens with one attached hydrogen (secondary N) is 1.